The molecule has 0 spiro atoms. The van der Waals surface area contributed by atoms with Crippen molar-refractivity contribution in [3.05, 3.63) is 65.3 Å². The lowest BCUT2D eigenvalue weighted by Crippen LogP contribution is -1.97. The van der Waals surface area contributed by atoms with E-state index in [-0.39, 0.29) is 5.56 Å². The predicted octanol–water partition coefficient (Wildman–Crippen LogP) is 4.48. The summed E-state index contributed by atoms with van der Waals surface area (Å²) in [6.45, 7) is 2.03. The van der Waals surface area contributed by atoms with Crippen molar-refractivity contribution in [1.82, 2.24) is 4.98 Å². The van der Waals surface area contributed by atoms with Gasteiger partial charge in [-0.1, -0.05) is 29.8 Å². The zero-order valence-corrected chi connectivity index (χ0v) is 12.2. The summed E-state index contributed by atoms with van der Waals surface area (Å²) >= 11 is 1.50. The van der Waals surface area contributed by atoms with Gasteiger partial charge in [-0.2, -0.15) is 0 Å². The van der Waals surface area contributed by atoms with Gasteiger partial charge in [0.15, 0.2) is 0 Å². The fourth-order valence-corrected chi connectivity index (χ4v) is 2.78. The molecule has 0 aliphatic heterocycles. The summed E-state index contributed by atoms with van der Waals surface area (Å²) in [4.78, 5) is 16.4. The van der Waals surface area contributed by atoms with Crippen LogP contribution in [0.4, 0.5) is 0 Å². The number of nitrogens with zero attached hydrogens (tertiary/aromatic N) is 1. The Morgan fingerprint density at radius 2 is 1.76 bits per heavy atom. The zero-order chi connectivity index (χ0) is 14.8. The molecule has 3 nitrogen and oxygen atoms in total. The number of aromatic nitrogens is 1. The van der Waals surface area contributed by atoms with Crippen LogP contribution in [0.3, 0.4) is 0 Å². The second-order valence-electron chi connectivity index (χ2n) is 4.84. The predicted molar refractivity (Wildman–Crippen MR) is 84.7 cm³/mol. The fourth-order valence-electron chi connectivity index (χ4n) is 2.16. The van der Waals surface area contributed by atoms with Crippen molar-refractivity contribution in [1.29, 1.82) is 0 Å². The average Bonchev–Trinajstić information content (AvgIpc) is 3.02. The maximum absolute atomic E-state index is 11.3. The van der Waals surface area contributed by atoms with Gasteiger partial charge in [0.05, 0.1) is 16.0 Å². The van der Waals surface area contributed by atoms with Gasteiger partial charge in [-0.3, -0.25) is 4.98 Å². The number of carbonyl (C=O) groups is 1. The van der Waals surface area contributed by atoms with Gasteiger partial charge in [0.1, 0.15) is 0 Å². The molecule has 0 radical (unpaired) electrons. The highest BCUT2D eigenvalue weighted by atomic mass is 32.1. The summed E-state index contributed by atoms with van der Waals surface area (Å²) in [5, 5.41) is 9.31. The first kappa shape index (κ1) is 13.5. The zero-order valence-electron chi connectivity index (χ0n) is 11.4. The van der Waals surface area contributed by atoms with Gasteiger partial charge >= 0.3 is 5.97 Å². The number of aromatic carboxylic acids is 1. The molecule has 0 fully saturated rings. The lowest BCUT2D eigenvalue weighted by molar-refractivity contribution is 0.0697. The molecule has 2 aromatic carbocycles. The minimum Gasteiger partial charge on any atom is -0.478 e. The van der Waals surface area contributed by atoms with E-state index in [9.17, 15) is 9.90 Å². The van der Waals surface area contributed by atoms with Crippen LogP contribution in [0.15, 0.2) is 54.2 Å². The van der Waals surface area contributed by atoms with Crippen molar-refractivity contribution >= 4 is 17.3 Å². The molecule has 1 N–H and O–H groups in total. The first-order valence-corrected chi connectivity index (χ1v) is 7.36. The van der Waals surface area contributed by atoms with Crippen LogP contribution < -0.4 is 0 Å². The van der Waals surface area contributed by atoms with Crippen LogP contribution in [0.1, 0.15) is 15.9 Å². The molecular weight excluding hydrogens is 282 g/mol. The number of benzene rings is 2. The molecule has 3 rings (SSSR count). The first-order valence-electron chi connectivity index (χ1n) is 6.48. The number of carboxylic acids is 1. The fraction of sp³-hybridized carbons (Fsp3) is 0.0588. The van der Waals surface area contributed by atoms with Gasteiger partial charge in [0.25, 0.3) is 0 Å². The topological polar surface area (TPSA) is 50.2 Å². The van der Waals surface area contributed by atoms with Crippen molar-refractivity contribution in [3.63, 3.8) is 0 Å². The van der Waals surface area contributed by atoms with Gasteiger partial charge in [-0.25, -0.2) is 4.79 Å². The number of rotatable bonds is 3. The Labute approximate surface area is 126 Å². The Morgan fingerprint density at radius 3 is 2.38 bits per heavy atom. The Bertz CT molecular complexity index is 777. The van der Waals surface area contributed by atoms with E-state index in [0.29, 0.717) is 0 Å². The number of hydrogen-bond donors (Lipinski definition) is 1. The summed E-state index contributed by atoms with van der Waals surface area (Å²) in [6, 6.07) is 13.5. The van der Waals surface area contributed by atoms with Gasteiger partial charge in [-0.05, 0) is 41.8 Å². The van der Waals surface area contributed by atoms with Crippen LogP contribution in [0.5, 0.6) is 0 Å². The highest BCUT2D eigenvalue weighted by Gasteiger charge is 2.10. The van der Waals surface area contributed by atoms with Crippen molar-refractivity contribution in [2.45, 2.75) is 6.92 Å². The first-order chi connectivity index (χ1) is 10.1. The average molecular weight is 295 g/mol. The minimum absolute atomic E-state index is 0.288. The molecule has 0 aliphatic carbocycles. The maximum atomic E-state index is 11.3. The van der Waals surface area contributed by atoms with Crippen LogP contribution >= 0.6 is 11.3 Å². The van der Waals surface area contributed by atoms with Crippen molar-refractivity contribution < 1.29 is 9.90 Å². The Kier molecular flexibility index (Phi) is 3.54. The highest BCUT2D eigenvalue weighted by Crippen LogP contribution is 2.30. The quantitative estimate of drug-likeness (QED) is 0.775. The molecule has 3 aromatic rings. The standard InChI is InChI=1S/C17H13NO2S/c1-11-2-4-12(5-3-11)13-6-14(16-9-18-10-21-16)8-15(7-13)17(19)20/h2-10H,1H3,(H,19,20). The van der Waals surface area contributed by atoms with Crippen molar-refractivity contribution in [2.24, 2.45) is 0 Å². The molecule has 0 aliphatic rings. The third-order valence-corrected chi connectivity index (χ3v) is 4.10. The van der Waals surface area contributed by atoms with Crippen molar-refractivity contribution in [2.75, 3.05) is 0 Å². The molecule has 0 saturated heterocycles. The summed E-state index contributed by atoms with van der Waals surface area (Å²) in [7, 11) is 0. The molecule has 0 saturated carbocycles. The van der Waals surface area contributed by atoms with Crippen LogP contribution in [0.25, 0.3) is 21.6 Å². The number of aryl methyl sites for hydroxylation is 1. The minimum atomic E-state index is -0.922. The largest absolute Gasteiger partial charge is 0.478 e. The van der Waals surface area contributed by atoms with E-state index in [2.05, 4.69) is 4.98 Å². The van der Waals surface area contributed by atoms with Crippen LogP contribution in [-0.4, -0.2) is 16.1 Å². The van der Waals surface area contributed by atoms with E-state index >= 15 is 0 Å². The summed E-state index contributed by atoms with van der Waals surface area (Å²) < 4.78 is 0. The van der Waals surface area contributed by atoms with Crippen LogP contribution in [0, 0.1) is 6.92 Å². The molecule has 1 heterocycles. The summed E-state index contributed by atoms with van der Waals surface area (Å²) in [5.41, 5.74) is 6.00. The number of hydrogen-bond acceptors (Lipinski definition) is 3. The second kappa shape index (κ2) is 5.50. The SMILES string of the molecule is Cc1ccc(-c2cc(C(=O)O)cc(-c3cncs3)c2)cc1. The summed E-state index contributed by atoms with van der Waals surface area (Å²) in [6.07, 6.45) is 1.75. The van der Waals surface area contributed by atoms with E-state index in [1.165, 1.54) is 16.9 Å². The lowest BCUT2D eigenvalue weighted by atomic mass is 9.98. The van der Waals surface area contributed by atoms with E-state index < -0.39 is 5.97 Å². The normalized spacial score (nSPS) is 10.5. The number of thiazole rings is 1. The highest BCUT2D eigenvalue weighted by molar-refractivity contribution is 7.13. The molecule has 0 atom stereocenters. The Balaban J connectivity index is 2.16. The molecule has 104 valence electrons. The Morgan fingerprint density at radius 1 is 1.05 bits per heavy atom. The molecule has 0 amide bonds. The third kappa shape index (κ3) is 2.85. The van der Waals surface area contributed by atoms with Crippen LogP contribution in [0.2, 0.25) is 0 Å². The van der Waals surface area contributed by atoms with Gasteiger partial charge in [0, 0.05) is 6.20 Å². The second-order valence-corrected chi connectivity index (χ2v) is 5.72. The smallest absolute Gasteiger partial charge is 0.335 e. The molecule has 0 unspecified atom stereocenters. The van der Waals surface area contributed by atoms with Crippen molar-refractivity contribution in [3.8, 4) is 21.6 Å². The van der Waals surface area contributed by atoms with E-state index in [4.69, 9.17) is 0 Å². The number of carboxylic acid groups (broad SMARTS) is 1. The van der Waals surface area contributed by atoms with Gasteiger partial charge < -0.3 is 5.11 Å². The van der Waals surface area contributed by atoms with E-state index in [1.807, 2.05) is 37.3 Å². The van der Waals surface area contributed by atoms with Crippen LogP contribution in [-0.2, 0) is 0 Å². The van der Waals surface area contributed by atoms with Gasteiger partial charge in [-0.15, -0.1) is 11.3 Å². The van der Waals surface area contributed by atoms with E-state index in [1.54, 1.807) is 23.8 Å². The van der Waals surface area contributed by atoms with Gasteiger partial charge in [0.2, 0.25) is 0 Å². The maximum Gasteiger partial charge on any atom is 0.335 e. The molecule has 4 heteroatoms. The monoisotopic (exact) mass is 295 g/mol. The molecular formula is C17H13NO2S. The summed E-state index contributed by atoms with van der Waals surface area (Å²) in [5.74, 6) is -0.922. The van der Waals surface area contributed by atoms with E-state index in [0.717, 1.165) is 21.6 Å². The third-order valence-electron chi connectivity index (χ3n) is 3.28. The lowest BCUT2D eigenvalue weighted by Gasteiger charge is -2.07. The molecule has 0 bridgehead atoms. The molecule has 21 heavy (non-hydrogen) atoms. The Hall–Kier alpha value is -2.46. The molecule has 1 aromatic heterocycles.